The molecule has 0 aromatic heterocycles. The van der Waals surface area contributed by atoms with Gasteiger partial charge in [0.1, 0.15) is 5.82 Å². The van der Waals surface area contributed by atoms with Gasteiger partial charge in [-0.2, -0.15) is 23.4 Å². The topological polar surface area (TPSA) is 52.7 Å². The molecule has 0 aliphatic carbocycles. The quantitative estimate of drug-likeness (QED) is 0.206. The Labute approximate surface area is 150 Å². The minimum Gasteiger partial charge on any atom is -0.301 e. The van der Waals surface area contributed by atoms with E-state index in [2.05, 4.69) is 40.7 Å². The first-order chi connectivity index (χ1) is 12.3. The second-order valence-corrected chi connectivity index (χ2v) is 4.55. The van der Waals surface area contributed by atoms with Gasteiger partial charge in [0, 0.05) is 19.8 Å². The third kappa shape index (κ3) is 9.45. The molecular formula is C17H21F4N5. The van der Waals surface area contributed by atoms with Gasteiger partial charge in [-0.1, -0.05) is 31.7 Å². The summed E-state index contributed by atoms with van der Waals surface area (Å²) in [6, 6.07) is 1.94. The molecule has 0 amide bonds. The molecule has 9 heteroatoms. The van der Waals surface area contributed by atoms with Crippen LogP contribution in [0.1, 0.15) is 18.9 Å². The molecular weight excluding hydrogens is 350 g/mol. The third-order valence-electron chi connectivity index (χ3n) is 2.55. The number of hydrogen-bond acceptors (Lipinski definition) is 4. The highest BCUT2D eigenvalue weighted by atomic mass is 19.4. The molecule has 0 saturated carbocycles. The van der Waals surface area contributed by atoms with Gasteiger partial charge in [0.2, 0.25) is 0 Å². The fourth-order valence-electron chi connectivity index (χ4n) is 1.50. The highest BCUT2D eigenvalue weighted by Crippen LogP contribution is 2.32. The maximum absolute atomic E-state index is 13.3. The Balaban J connectivity index is 0.00000110. The van der Waals surface area contributed by atoms with Crippen molar-refractivity contribution in [1.29, 1.82) is 0 Å². The minimum atomic E-state index is -4.67. The molecule has 0 fully saturated rings. The van der Waals surface area contributed by atoms with E-state index in [1.807, 2.05) is 6.21 Å². The summed E-state index contributed by atoms with van der Waals surface area (Å²) in [5.74, 6) is -1.06. The van der Waals surface area contributed by atoms with E-state index in [1.54, 1.807) is 19.2 Å². The number of hydrogen-bond donors (Lipinski definition) is 0. The number of rotatable bonds is 7. The summed E-state index contributed by atoms with van der Waals surface area (Å²) in [6.07, 6.45) is 3.02. The Morgan fingerprint density at radius 3 is 2.38 bits per heavy atom. The molecule has 142 valence electrons. The second-order valence-electron chi connectivity index (χ2n) is 4.55. The summed E-state index contributed by atoms with van der Waals surface area (Å²) in [6.45, 7) is 8.84. The van der Waals surface area contributed by atoms with Crippen LogP contribution in [0.4, 0.5) is 23.2 Å². The van der Waals surface area contributed by atoms with Gasteiger partial charge < -0.3 is 4.99 Å². The normalized spacial score (nSPS) is 11.6. The van der Waals surface area contributed by atoms with Crippen LogP contribution in [0, 0.1) is 5.82 Å². The van der Waals surface area contributed by atoms with Crippen LogP contribution in [0.5, 0.6) is 0 Å². The molecule has 0 saturated heterocycles. The van der Waals surface area contributed by atoms with Crippen LogP contribution in [0.15, 0.2) is 63.4 Å². The SMILES string of the molecule is C=C/C=C/CN=NN(N=C)c1cc(F)cc(C(F)(F)F)c1.CCC=NC. The Hall–Kier alpha value is -2.84. The predicted molar refractivity (Wildman–Crippen MR) is 97.2 cm³/mol. The lowest BCUT2D eigenvalue weighted by atomic mass is 10.2. The van der Waals surface area contributed by atoms with E-state index in [1.165, 1.54) is 6.08 Å². The van der Waals surface area contributed by atoms with E-state index >= 15 is 0 Å². The number of nitrogens with zero attached hydrogens (tertiary/aromatic N) is 5. The van der Waals surface area contributed by atoms with Gasteiger partial charge in [-0.3, -0.25) is 0 Å². The van der Waals surface area contributed by atoms with Crippen molar-refractivity contribution in [2.45, 2.75) is 19.5 Å². The number of halogens is 4. The fraction of sp³-hybridized carbons (Fsp3) is 0.294. The molecule has 1 aromatic carbocycles. The summed E-state index contributed by atoms with van der Waals surface area (Å²) in [7, 11) is 1.78. The Morgan fingerprint density at radius 2 is 1.92 bits per heavy atom. The molecule has 0 atom stereocenters. The number of benzene rings is 1. The molecule has 0 N–H and O–H groups in total. The fourth-order valence-corrected chi connectivity index (χ4v) is 1.50. The third-order valence-corrected chi connectivity index (χ3v) is 2.55. The van der Waals surface area contributed by atoms with Crippen molar-refractivity contribution in [3.63, 3.8) is 0 Å². The maximum Gasteiger partial charge on any atom is 0.416 e. The molecule has 0 radical (unpaired) electrons. The second kappa shape index (κ2) is 12.5. The molecule has 0 aliphatic heterocycles. The van der Waals surface area contributed by atoms with Crippen molar-refractivity contribution in [3.05, 3.63) is 54.4 Å². The van der Waals surface area contributed by atoms with Gasteiger partial charge in [0.25, 0.3) is 0 Å². The number of allylic oxidation sites excluding steroid dienone is 2. The molecule has 0 aliphatic rings. The van der Waals surface area contributed by atoms with Gasteiger partial charge in [0.05, 0.1) is 17.8 Å². The largest absolute Gasteiger partial charge is 0.416 e. The van der Waals surface area contributed by atoms with Crippen LogP contribution in [0.2, 0.25) is 0 Å². The average Bonchev–Trinajstić information content (AvgIpc) is 2.58. The van der Waals surface area contributed by atoms with Crippen molar-refractivity contribution in [3.8, 4) is 0 Å². The van der Waals surface area contributed by atoms with Crippen molar-refractivity contribution >= 4 is 18.6 Å². The zero-order valence-corrected chi connectivity index (χ0v) is 14.6. The lowest BCUT2D eigenvalue weighted by molar-refractivity contribution is -0.137. The maximum atomic E-state index is 13.3. The number of alkyl halides is 3. The van der Waals surface area contributed by atoms with E-state index in [0.717, 1.165) is 12.5 Å². The number of anilines is 1. The van der Waals surface area contributed by atoms with E-state index in [9.17, 15) is 17.6 Å². The lowest BCUT2D eigenvalue weighted by Gasteiger charge is -2.13. The zero-order chi connectivity index (χ0) is 20.0. The lowest BCUT2D eigenvalue weighted by Crippen LogP contribution is -2.11. The summed E-state index contributed by atoms with van der Waals surface area (Å²) < 4.78 is 51.1. The van der Waals surface area contributed by atoms with Crippen LogP contribution in [-0.2, 0) is 6.18 Å². The van der Waals surface area contributed by atoms with Gasteiger partial charge in [0.15, 0.2) is 0 Å². The first kappa shape index (κ1) is 23.2. The van der Waals surface area contributed by atoms with E-state index in [-0.39, 0.29) is 12.2 Å². The average molecular weight is 371 g/mol. The van der Waals surface area contributed by atoms with Crippen LogP contribution in [0.25, 0.3) is 0 Å². The van der Waals surface area contributed by atoms with Crippen molar-refractivity contribution in [2.75, 3.05) is 18.7 Å². The summed E-state index contributed by atoms with van der Waals surface area (Å²) in [4.78, 5) is 3.73. The summed E-state index contributed by atoms with van der Waals surface area (Å²) in [5.41, 5.74) is -1.37. The highest BCUT2D eigenvalue weighted by molar-refractivity contribution is 5.56. The van der Waals surface area contributed by atoms with Crippen LogP contribution in [0.3, 0.4) is 0 Å². The number of hydrazone groups is 1. The summed E-state index contributed by atoms with van der Waals surface area (Å²) >= 11 is 0. The van der Waals surface area contributed by atoms with Crippen molar-refractivity contribution < 1.29 is 17.6 Å². The van der Waals surface area contributed by atoms with E-state index < -0.39 is 17.6 Å². The van der Waals surface area contributed by atoms with Gasteiger partial charge in [-0.15, -0.1) is 5.12 Å². The van der Waals surface area contributed by atoms with Crippen LogP contribution in [-0.4, -0.2) is 26.5 Å². The highest BCUT2D eigenvalue weighted by Gasteiger charge is 2.32. The van der Waals surface area contributed by atoms with Crippen molar-refractivity contribution in [1.82, 2.24) is 0 Å². The Bertz CT molecular complexity index is 651. The van der Waals surface area contributed by atoms with E-state index in [4.69, 9.17) is 0 Å². The van der Waals surface area contributed by atoms with Gasteiger partial charge in [-0.05, 0) is 30.0 Å². The molecule has 0 bridgehead atoms. The first-order valence-electron chi connectivity index (χ1n) is 7.50. The predicted octanol–water partition coefficient (Wildman–Crippen LogP) is 5.47. The molecule has 26 heavy (non-hydrogen) atoms. The first-order valence-corrected chi connectivity index (χ1v) is 7.50. The Kier molecular flexibility index (Phi) is 11.1. The zero-order valence-electron chi connectivity index (χ0n) is 14.6. The van der Waals surface area contributed by atoms with E-state index in [0.29, 0.717) is 17.3 Å². The monoisotopic (exact) mass is 371 g/mol. The van der Waals surface area contributed by atoms with Gasteiger partial charge >= 0.3 is 6.18 Å². The molecule has 1 aromatic rings. The van der Waals surface area contributed by atoms with Crippen molar-refractivity contribution in [2.24, 2.45) is 20.4 Å². The molecule has 0 spiro atoms. The standard InChI is InChI=1S/C13H12F4N4.C4H9N/c1-3-4-5-6-19-20-21(18-2)12-8-10(13(15,16)17)7-11(14)9-12;1-3-4-5-2/h3-5,7-9H,1-2,6H2;4H,3H2,1-2H3/b5-4+,20-19?;. The number of aliphatic imine (C=N–C) groups is 1. The van der Waals surface area contributed by atoms with Gasteiger partial charge in [-0.25, -0.2) is 4.39 Å². The molecule has 1 rings (SSSR count). The molecule has 0 heterocycles. The molecule has 0 unspecified atom stereocenters. The minimum absolute atomic E-state index is 0.166. The Morgan fingerprint density at radius 1 is 1.23 bits per heavy atom. The molecule has 5 nitrogen and oxygen atoms in total. The van der Waals surface area contributed by atoms with Crippen LogP contribution >= 0.6 is 0 Å². The van der Waals surface area contributed by atoms with Crippen LogP contribution < -0.4 is 5.12 Å². The smallest absolute Gasteiger partial charge is 0.301 e. The summed E-state index contributed by atoms with van der Waals surface area (Å²) in [5, 5.41) is 11.3.